The molecule has 0 aliphatic rings. The van der Waals surface area contributed by atoms with Gasteiger partial charge in [0, 0.05) is 19.6 Å². The Balaban J connectivity index is 0. The highest BCUT2D eigenvalue weighted by Gasteiger charge is 2.38. The molecule has 0 rings (SSSR count). The Hall–Kier alpha value is -1.51. The fraction of sp³-hybridized carbons (Fsp3) is 0.714. The summed E-state index contributed by atoms with van der Waals surface area (Å²) in [5.41, 5.74) is 5.13. The van der Waals surface area contributed by atoms with Crippen molar-refractivity contribution in [3.05, 3.63) is 0 Å². The summed E-state index contributed by atoms with van der Waals surface area (Å²) in [5.74, 6) is -2.76. The van der Waals surface area contributed by atoms with Crippen molar-refractivity contribution in [1.82, 2.24) is 10.6 Å². The van der Waals surface area contributed by atoms with Gasteiger partial charge in [0.2, 0.25) is 0 Å². The van der Waals surface area contributed by atoms with Crippen LogP contribution in [-0.2, 0) is 4.79 Å². The highest BCUT2D eigenvalue weighted by molar-refractivity contribution is 5.73. The minimum Gasteiger partial charge on any atom is -0.475 e. The van der Waals surface area contributed by atoms with Crippen molar-refractivity contribution in [1.29, 1.82) is 0 Å². The zero-order chi connectivity index (χ0) is 13.2. The monoisotopic (exact) mass is 245 g/mol. The number of urea groups is 1. The lowest BCUT2D eigenvalue weighted by molar-refractivity contribution is -0.192. The predicted molar refractivity (Wildman–Crippen MR) is 49.8 cm³/mol. The first-order valence-corrected chi connectivity index (χ1v) is 4.27. The van der Waals surface area contributed by atoms with E-state index < -0.39 is 12.1 Å². The number of hydrogen-bond donors (Lipinski definition) is 4. The first-order valence-electron chi connectivity index (χ1n) is 4.27. The van der Waals surface area contributed by atoms with Gasteiger partial charge in [-0.2, -0.15) is 13.2 Å². The molecule has 0 heterocycles. The fourth-order valence-corrected chi connectivity index (χ4v) is 0.409. The maximum absolute atomic E-state index is 10.6. The topological polar surface area (TPSA) is 104 Å². The van der Waals surface area contributed by atoms with Crippen LogP contribution in [0.4, 0.5) is 18.0 Å². The highest BCUT2D eigenvalue weighted by atomic mass is 19.4. The maximum Gasteiger partial charge on any atom is 0.490 e. The van der Waals surface area contributed by atoms with Crippen LogP contribution >= 0.6 is 0 Å². The molecule has 96 valence electrons. The van der Waals surface area contributed by atoms with Gasteiger partial charge < -0.3 is 21.5 Å². The van der Waals surface area contributed by atoms with Gasteiger partial charge in [0.05, 0.1) is 0 Å². The molecule has 0 fully saturated rings. The second-order valence-corrected chi connectivity index (χ2v) is 2.38. The van der Waals surface area contributed by atoms with Crippen molar-refractivity contribution in [2.75, 3.05) is 19.6 Å². The summed E-state index contributed by atoms with van der Waals surface area (Å²) in [5, 5.41) is 12.3. The minimum atomic E-state index is -5.08. The standard InChI is InChI=1S/C5H13N3O.C2HF3O2/c1-2-7-5(9)8-4-3-6;3-2(4,5)1(6)7/h2-4,6H2,1H3,(H2,7,8,9);(H,6,7). The zero-order valence-electron chi connectivity index (χ0n) is 8.60. The van der Waals surface area contributed by atoms with Crippen LogP contribution < -0.4 is 16.4 Å². The average Bonchev–Trinajstić information content (AvgIpc) is 2.14. The maximum atomic E-state index is 10.6. The molecule has 5 N–H and O–H groups in total. The van der Waals surface area contributed by atoms with Crippen LogP contribution in [0.2, 0.25) is 0 Å². The van der Waals surface area contributed by atoms with Crippen LogP contribution in [0.1, 0.15) is 6.92 Å². The third-order valence-corrected chi connectivity index (χ3v) is 1.01. The van der Waals surface area contributed by atoms with Crippen LogP contribution in [0, 0.1) is 0 Å². The summed E-state index contributed by atoms with van der Waals surface area (Å²) in [6.07, 6.45) is -5.08. The van der Waals surface area contributed by atoms with E-state index in [0.29, 0.717) is 19.6 Å². The van der Waals surface area contributed by atoms with Crippen LogP contribution in [-0.4, -0.2) is 42.9 Å². The van der Waals surface area contributed by atoms with Gasteiger partial charge >= 0.3 is 18.2 Å². The first-order chi connectivity index (χ1) is 7.25. The highest BCUT2D eigenvalue weighted by Crippen LogP contribution is 2.13. The van der Waals surface area contributed by atoms with E-state index in [4.69, 9.17) is 15.6 Å². The second kappa shape index (κ2) is 8.77. The number of carboxylic acids is 1. The molecule has 0 aromatic rings. The number of alkyl halides is 3. The summed E-state index contributed by atoms with van der Waals surface area (Å²) < 4.78 is 31.7. The smallest absolute Gasteiger partial charge is 0.475 e. The molecule has 0 bridgehead atoms. The normalized spacial score (nSPS) is 9.81. The lowest BCUT2D eigenvalue weighted by Gasteiger charge is -2.01. The number of nitrogens with one attached hydrogen (secondary N) is 2. The zero-order valence-corrected chi connectivity index (χ0v) is 8.60. The Morgan fingerprint density at radius 1 is 1.31 bits per heavy atom. The second-order valence-electron chi connectivity index (χ2n) is 2.38. The minimum absolute atomic E-state index is 0.150. The molecule has 0 radical (unpaired) electrons. The van der Waals surface area contributed by atoms with Crippen molar-refractivity contribution >= 4 is 12.0 Å². The van der Waals surface area contributed by atoms with E-state index >= 15 is 0 Å². The van der Waals surface area contributed by atoms with Gasteiger partial charge in [-0.1, -0.05) is 0 Å². The number of carbonyl (C=O) groups excluding carboxylic acids is 1. The molecule has 0 saturated heterocycles. The van der Waals surface area contributed by atoms with E-state index in [-0.39, 0.29) is 6.03 Å². The Labute approximate surface area is 90.0 Å². The quantitative estimate of drug-likeness (QED) is 0.557. The molecule has 16 heavy (non-hydrogen) atoms. The first kappa shape index (κ1) is 16.9. The molecule has 2 amide bonds. The molecular weight excluding hydrogens is 231 g/mol. The van der Waals surface area contributed by atoms with Gasteiger partial charge in [-0.15, -0.1) is 0 Å². The Morgan fingerprint density at radius 3 is 2.00 bits per heavy atom. The van der Waals surface area contributed by atoms with Crippen molar-refractivity contribution in [3.63, 3.8) is 0 Å². The molecule has 6 nitrogen and oxygen atoms in total. The summed E-state index contributed by atoms with van der Waals surface area (Å²) in [7, 11) is 0. The summed E-state index contributed by atoms with van der Waals surface area (Å²) in [6, 6.07) is -0.150. The molecular formula is C7H14F3N3O3. The van der Waals surface area contributed by atoms with Crippen LogP contribution in [0.15, 0.2) is 0 Å². The largest absolute Gasteiger partial charge is 0.490 e. The predicted octanol–water partition coefficient (Wildman–Crippen LogP) is -0.102. The molecule has 0 aliphatic carbocycles. The molecule has 0 unspecified atom stereocenters. The number of halogens is 3. The van der Waals surface area contributed by atoms with E-state index in [9.17, 15) is 18.0 Å². The van der Waals surface area contributed by atoms with E-state index in [1.807, 2.05) is 6.92 Å². The number of nitrogens with two attached hydrogens (primary N) is 1. The molecule has 0 spiro atoms. The van der Waals surface area contributed by atoms with Crippen LogP contribution in [0.25, 0.3) is 0 Å². The van der Waals surface area contributed by atoms with Crippen molar-refractivity contribution in [2.24, 2.45) is 5.73 Å². The Morgan fingerprint density at radius 2 is 1.75 bits per heavy atom. The number of hydrogen-bond acceptors (Lipinski definition) is 3. The SMILES string of the molecule is CCNC(=O)NCCN.O=C(O)C(F)(F)F. The third kappa shape index (κ3) is 12.5. The summed E-state index contributed by atoms with van der Waals surface area (Å²) in [4.78, 5) is 19.4. The van der Waals surface area contributed by atoms with Crippen molar-refractivity contribution < 1.29 is 27.9 Å². The van der Waals surface area contributed by atoms with Gasteiger partial charge in [-0.25, -0.2) is 9.59 Å². The Kier molecular flexibility index (Phi) is 9.27. The number of carbonyl (C=O) groups is 2. The van der Waals surface area contributed by atoms with Gasteiger partial charge in [-0.3, -0.25) is 0 Å². The van der Waals surface area contributed by atoms with Crippen molar-refractivity contribution in [3.8, 4) is 0 Å². The number of aliphatic carboxylic acids is 1. The third-order valence-electron chi connectivity index (χ3n) is 1.01. The van der Waals surface area contributed by atoms with Gasteiger partial charge in [0.25, 0.3) is 0 Å². The number of amides is 2. The van der Waals surface area contributed by atoms with Crippen LogP contribution in [0.3, 0.4) is 0 Å². The number of rotatable bonds is 3. The number of carboxylic acid groups (broad SMARTS) is 1. The molecule has 9 heteroatoms. The van der Waals surface area contributed by atoms with Crippen molar-refractivity contribution in [2.45, 2.75) is 13.1 Å². The van der Waals surface area contributed by atoms with E-state index in [1.54, 1.807) is 0 Å². The summed E-state index contributed by atoms with van der Waals surface area (Å²) in [6.45, 7) is 3.53. The average molecular weight is 245 g/mol. The van der Waals surface area contributed by atoms with E-state index in [0.717, 1.165) is 0 Å². The van der Waals surface area contributed by atoms with E-state index in [1.165, 1.54) is 0 Å². The molecule has 0 aromatic heterocycles. The Bertz CT molecular complexity index is 221. The van der Waals surface area contributed by atoms with Gasteiger partial charge in [-0.05, 0) is 6.92 Å². The molecule has 0 atom stereocenters. The fourth-order valence-electron chi connectivity index (χ4n) is 0.409. The molecule has 0 saturated carbocycles. The molecule has 0 aliphatic heterocycles. The summed E-state index contributed by atoms with van der Waals surface area (Å²) >= 11 is 0. The lowest BCUT2D eigenvalue weighted by atomic mass is 10.6. The van der Waals surface area contributed by atoms with Crippen LogP contribution in [0.5, 0.6) is 0 Å². The van der Waals surface area contributed by atoms with Gasteiger partial charge in [0.15, 0.2) is 0 Å². The van der Waals surface area contributed by atoms with Gasteiger partial charge in [0.1, 0.15) is 0 Å². The molecule has 0 aromatic carbocycles. The van der Waals surface area contributed by atoms with E-state index in [2.05, 4.69) is 10.6 Å². The lowest BCUT2D eigenvalue weighted by Crippen LogP contribution is -2.37.